The highest BCUT2D eigenvalue weighted by atomic mass is 32.2. The minimum absolute atomic E-state index is 0.0949. The predicted molar refractivity (Wildman–Crippen MR) is 174 cm³/mol. The van der Waals surface area contributed by atoms with Crippen LogP contribution < -0.4 is 5.73 Å². The molecule has 0 fully saturated rings. The maximum absolute atomic E-state index is 12.5. The Bertz CT molecular complexity index is 2120. The van der Waals surface area contributed by atoms with E-state index >= 15 is 0 Å². The average molecular weight is 686 g/mol. The third kappa shape index (κ3) is 9.31. The lowest BCUT2D eigenvalue weighted by Crippen LogP contribution is -2.10. The molecule has 0 atom stereocenters. The summed E-state index contributed by atoms with van der Waals surface area (Å²) >= 11 is 1.22. The van der Waals surface area contributed by atoms with E-state index in [1.807, 2.05) is 13.0 Å². The molecule has 0 saturated heterocycles. The number of pyridine rings is 4. The highest BCUT2D eigenvalue weighted by Crippen LogP contribution is 2.24. The van der Waals surface area contributed by atoms with Gasteiger partial charge in [0, 0.05) is 48.4 Å². The second-order valence-electron chi connectivity index (χ2n) is 9.97. The minimum atomic E-state index is -3.47. The second-order valence-corrected chi connectivity index (χ2v) is 17.6. The number of nitrogens with two attached hydrogens (primary N) is 1. The van der Waals surface area contributed by atoms with Gasteiger partial charge in [0.15, 0.2) is 29.5 Å². The minimum Gasteiger partial charge on any atom is -0.325 e. The van der Waals surface area contributed by atoms with Gasteiger partial charge in [0.25, 0.3) is 0 Å². The number of sulfone groups is 3. The summed E-state index contributed by atoms with van der Waals surface area (Å²) in [6.07, 6.45) is 5.60. The van der Waals surface area contributed by atoms with Gasteiger partial charge < -0.3 is 5.73 Å². The first kappa shape index (κ1) is 34.0. The molecule has 0 amide bonds. The third-order valence-corrected chi connectivity index (χ3v) is 11.8. The first-order valence-electron chi connectivity index (χ1n) is 13.4. The maximum atomic E-state index is 12.5. The van der Waals surface area contributed by atoms with Gasteiger partial charge in [-0.3, -0.25) is 15.0 Å². The van der Waals surface area contributed by atoms with E-state index in [0.29, 0.717) is 38.4 Å². The predicted octanol–water partition coefficient (Wildman–Crippen LogP) is 3.94. The van der Waals surface area contributed by atoms with Crippen LogP contribution in [0.1, 0.15) is 16.3 Å². The fourth-order valence-electron chi connectivity index (χ4n) is 3.99. The molecule has 5 aromatic rings. The van der Waals surface area contributed by atoms with E-state index in [-0.39, 0.29) is 28.5 Å². The van der Waals surface area contributed by atoms with Crippen LogP contribution in [0.4, 0.5) is 0 Å². The second kappa shape index (κ2) is 14.0. The Morgan fingerprint density at radius 3 is 1.60 bits per heavy atom. The lowest BCUT2D eigenvalue weighted by Gasteiger charge is -2.08. The van der Waals surface area contributed by atoms with E-state index in [1.165, 1.54) is 35.6 Å². The summed E-state index contributed by atoms with van der Waals surface area (Å²) in [7, 11) is -10.2. The van der Waals surface area contributed by atoms with Crippen LogP contribution in [0, 0.1) is 6.92 Å². The number of hydrogen-bond donors (Lipinski definition) is 1. The van der Waals surface area contributed by atoms with E-state index < -0.39 is 29.5 Å². The number of hydrogen-bond acceptors (Lipinski definition) is 12. The topological polar surface area (TPSA) is 180 Å². The molecule has 45 heavy (non-hydrogen) atoms. The number of aryl methyl sites for hydroxylation is 2. The van der Waals surface area contributed by atoms with Crippen molar-refractivity contribution in [3.8, 4) is 22.8 Å². The van der Waals surface area contributed by atoms with Crippen molar-refractivity contribution in [1.82, 2.24) is 19.9 Å². The van der Waals surface area contributed by atoms with Crippen LogP contribution in [-0.4, -0.2) is 63.5 Å². The van der Waals surface area contributed by atoms with Crippen LogP contribution in [0.25, 0.3) is 22.8 Å². The Morgan fingerprint density at radius 1 is 0.667 bits per heavy atom. The molecule has 2 N–H and O–H groups in total. The van der Waals surface area contributed by atoms with Crippen molar-refractivity contribution in [3.63, 3.8) is 0 Å². The summed E-state index contributed by atoms with van der Waals surface area (Å²) < 4.78 is 72.6. The Morgan fingerprint density at radius 2 is 1.18 bits per heavy atom. The van der Waals surface area contributed by atoms with E-state index in [9.17, 15) is 25.3 Å². The van der Waals surface area contributed by atoms with Crippen LogP contribution in [0.2, 0.25) is 0 Å². The van der Waals surface area contributed by atoms with Gasteiger partial charge in [0.05, 0.1) is 44.0 Å². The molecule has 0 aliphatic heterocycles. The summed E-state index contributed by atoms with van der Waals surface area (Å²) in [5.74, 6) is -0.144. The van der Waals surface area contributed by atoms with Gasteiger partial charge in [-0.05, 0) is 67.6 Å². The van der Waals surface area contributed by atoms with Gasteiger partial charge in [-0.1, -0.05) is 12.1 Å². The molecule has 5 heterocycles. The quantitative estimate of drug-likeness (QED) is 0.237. The normalized spacial score (nSPS) is 11.9. The zero-order valence-electron chi connectivity index (χ0n) is 24.7. The molecule has 0 radical (unpaired) electrons. The Kier molecular flexibility index (Phi) is 10.6. The molecule has 0 unspecified atom stereocenters. The molecule has 0 spiro atoms. The van der Waals surface area contributed by atoms with Crippen LogP contribution in [0.3, 0.4) is 0 Å². The van der Waals surface area contributed by atoms with Crippen molar-refractivity contribution in [3.05, 3.63) is 101 Å². The Labute approximate surface area is 267 Å². The summed E-state index contributed by atoms with van der Waals surface area (Å²) in [5, 5.41) is 0. The van der Waals surface area contributed by atoms with Gasteiger partial charge in [0.1, 0.15) is 4.21 Å². The fraction of sp³-hybridized carbons (Fsp3) is 0.200. The van der Waals surface area contributed by atoms with Crippen LogP contribution in [0.5, 0.6) is 0 Å². The Hall–Kier alpha value is -3.89. The van der Waals surface area contributed by atoms with Gasteiger partial charge in [0.2, 0.25) is 0 Å². The number of thiophene rings is 1. The van der Waals surface area contributed by atoms with Gasteiger partial charge >= 0.3 is 0 Å². The van der Waals surface area contributed by atoms with Gasteiger partial charge in [-0.15, -0.1) is 11.3 Å². The summed E-state index contributed by atoms with van der Waals surface area (Å²) in [5.41, 5.74) is 8.52. The molecule has 11 nitrogen and oxygen atoms in total. The molecule has 0 aliphatic rings. The highest BCUT2D eigenvalue weighted by Gasteiger charge is 2.19. The molecule has 0 aromatic carbocycles. The number of aromatic nitrogens is 4. The van der Waals surface area contributed by atoms with Gasteiger partial charge in [-0.25, -0.2) is 30.2 Å². The summed E-state index contributed by atoms with van der Waals surface area (Å²) in [6.45, 7) is 2.03. The fourth-order valence-corrected chi connectivity index (χ4v) is 8.04. The molecule has 5 aromatic heterocycles. The van der Waals surface area contributed by atoms with E-state index in [2.05, 4.69) is 19.9 Å². The van der Waals surface area contributed by atoms with Crippen LogP contribution >= 0.6 is 11.3 Å². The molecule has 5 rings (SSSR count). The van der Waals surface area contributed by atoms with Crippen molar-refractivity contribution < 1.29 is 25.3 Å². The van der Waals surface area contributed by atoms with Crippen molar-refractivity contribution >= 4 is 40.8 Å². The van der Waals surface area contributed by atoms with Crippen molar-refractivity contribution in [2.24, 2.45) is 5.73 Å². The third-order valence-electron chi connectivity index (χ3n) is 6.27. The first-order valence-corrected chi connectivity index (χ1v) is 19.6. The molecular weight excluding hydrogens is 655 g/mol. The zero-order valence-corrected chi connectivity index (χ0v) is 27.9. The standard InChI is InChI=1S/C18H18N2O4S3.C12H13N3O2S/c1-13-6-7-18(25-13)27(23,24)10-8-14-11-15(26(2,21)22)12-17(20-14)16-5-3-4-9-19-16;1-18(16,17)10-6-9(8-13)15-12(7-10)11-4-2-3-5-14-11/h3-7,9,11-12H,8,10H2,1-2H3;2-7H,8,13H2,1H3. The lowest BCUT2D eigenvalue weighted by molar-refractivity contribution is 0.596. The first-order chi connectivity index (χ1) is 21.2. The molecule has 0 saturated carbocycles. The number of rotatable bonds is 9. The van der Waals surface area contributed by atoms with Crippen LogP contribution in [-0.2, 0) is 42.5 Å². The van der Waals surface area contributed by atoms with Crippen LogP contribution in [0.15, 0.2) is 99.2 Å². The highest BCUT2D eigenvalue weighted by molar-refractivity contribution is 7.93. The summed E-state index contributed by atoms with van der Waals surface area (Å²) in [6, 6.07) is 19.9. The molecular formula is C30H31N5O6S4. The van der Waals surface area contributed by atoms with Crippen molar-refractivity contribution in [1.29, 1.82) is 0 Å². The zero-order chi connectivity index (χ0) is 32.8. The monoisotopic (exact) mass is 685 g/mol. The summed E-state index contributed by atoms with van der Waals surface area (Å²) in [4.78, 5) is 18.3. The van der Waals surface area contributed by atoms with E-state index in [1.54, 1.807) is 54.9 Å². The maximum Gasteiger partial charge on any atom is 0.188 e. The molecule has 15 heteroatoms. The van der Waals surface area contributed by atoms with Gasteiger partial charge in [-0.2, -0.15) is 0 Å². The van der Waals surface area contributed by atoms with Crippen molar-refractivity contribution in [2.75, 3.05) is 18.3 Å². The molecule has 0 aliphatic carbocycles. The number of nitrogens with zero attached hydrogens (tertiary/aromatic N) is 4. The van der Waals surface area contributed by atoms with E-state index in [0.717, 1.165) is 17.4 Å². The molecule has 0 bridgehead atoms. The average Bonchev–Trinajstić information content (AvgIpc) is 3.47. The SMILES string of the molecule is CS(=O)(=O)c1cc(CN)nc(-c2ccccn2)c1.Cc1ccc(S(=O)(=O)CCc2cc(S(C)(=O)=O)cc(-c3ccccn3)n2)s1. The largest absolute Gasteiger partial charge is 0.325 e. The van der Waals surface area contributed by atoms with Crippen molar-refractivity contribution in [2.45, 2.75) is 33.9 Å². The Balaban J connectivity index is 0.000000222. The molecule has 236 valence electrons. The smallest absolute Gasteiger partial charge is 0.188 e. The lowest BCUT2D eigenvalue weighted by atomic mass is 10.2. The van der Waals surface area contributed by atoms with E-state index in [4.69, 9.17) is 5.73 Å².